The van der Waals surface area contributed by atoms with Gasteiger partial charge < -0.3 is 5.32 Å². The molecule has 1 N–H and O–H groups in total. The second-order valence-corrected chi connectivity index (χ2v) is 5.80. The molecule has 2 aromatic heterocycles. The lowest BCUT2D eigenvalue weighted by atomic mass is 10.1. The largest absolute Gasteiger partial charge is 0.314 e. The zero-order valence-electron chi connectivity index (χ0n) is 12.7. The minimum absolute atomic E-state index is 0.00174. The number of aryl methyl sites for hydroxylation is 1. The summed E-state index contributed by atoms with van der Waals surface area (Å²) < 4.78 is 1.62. The van der Waals surface area contributed by atoms with E-state index in [9.17, 15) is 4.79 Å². The highest BCUT2D eigenvalue weighted by atomic mass is 16.1. The van der Waals surface area contributed by atoms with E-state index in [0.29, 0.717) is 6.04 Å². The van der Waals surface area contributed by atoms with Gasteiger partial charge in [-0.15, -0.1) is 0 Å². The van der Waals surface area contributed by atoms with Gasteiger partial charge >= 0.3 is 0 Å². The maximum Gasteiger partial charge on any atom is 0.258 e. The normalized spacial score (nSPS) is 15.6. The van der Waals surface area contributed by atoms with Gasteiger partial charge in [0.1, 0.15) is 5.65 Å². The first kappa shape index (κ1) is 14.2. The molecule has 0 amide bonds. The monoisotopic (exact) mass is 286 g/mol. The van der Waals surface area contributed by atoms with Crippen LogP contribution in [0.4, 0.5) is 0 Å². The first-order valence-electron chi connectivity index (χ1n) is 7.61. The highest BCUT2D eigenvalue weighted by molar-refractivity contribution is 5.39. The molecular weight excluding hydrogens is 264 g/mol. The lowest BCUT2D eigenvalue weighted by Crippen LogP contribution is -2.57. The van der Waals surface area contributed by atoms with Crippen LogP contribution < -0.4 is 10.9 Å². The van der Waals surface area contributed by atoms with E-state index < -0.39 is 0 Å². The van der Waals surface area contributed by atoms with Crippen LogP contribution in [0.1, 0.15) is 24.6 Å². The van der Waals surface area contributed by atoms with Gasteiger partial charge in [0, 0.05) is 37.9 Å². The molecule has 0 saturated carbocycles. The van der Waals surface area contributed by atoms with Crippen molar-refractivity contribution in [1.29, 1.82) is 0 Å². The van der Waals surface area contributed by atoms with E-state index in [1.165, 1.54) is 0 Å². The molecule has 0 aliphatic carbocycles. The molecule has 112 valence electrons. The summed E-state index contributed by atoms with van der Waals surface area (Å²) in [4.78, 5) is 19.3. The maximum absolute atomic E-state index is 12.2. The minimum atomic E-state index is 0.00174. The Balaban J connectivity index is 1.89. The van der Waals surface area contributed by atoms with Gasteiger partial charge in [0.15, 0.2) is 0 Å². The molecule has 5 nitrogen and oxygen atoms in total. The van der Waals surface area contributed by atoms with Crippen LogP contribution in [0.25, 0.3) is 5.65 Å². The summed E-state index contributed by atoms with van der Waals surface area (Å²) in [6.45, 7) is 8.02. The molecule has 0 atom stereocenters. The van der Waals surface area contributed by atoms with Crippen molar-refractivity contribution in [2.45, 2.75) is 32.9 Å². The predicted octanol–water partition coefficient (Wildman–Crippen LogP) is 1.19. The first-order chi connectivity index (χ1) is 10.2. The standard InChI is InChI=1S/C16H22N4O/c1-3-6-19(14-8-17-9-14)11-13-7-16(21)20-10-12(2)4-5-15(20)18-13/h4-5,7,10,14,17H,3,6,8-9,11H2,1-2H3. The van der Waals surface area contributed by atoms with E-state index in [0.717, 1.165) is 49.5 Å². The van der Waals surface area contributed by atoms with Gasteiger partial charge in [0.2, 0.25) is 0 Å². The summed E-state index contributed by atoms with van der Waals surface area (Å²) in [5.41, 5.74) is 2.66. The molecule has 1 aliphatic rings. The van der Waals surface area contributed by atoms with Gasteiger partial charge in [-0.3, -0.25) is 14.1 Å². The molecule has 0 radical (unpaired) electrons. The van der Waals surface area contributed by atoms with Crippen LogP contribution in [0.3, 0.4) is 0 Å². The van der Waals surface area contributed by atoms with Crippen LogP contribution in [0, 0.1) is 6.92 Å². The van der Waals surface area contributed by atoms with Crippen LogP contribution in [0.2, 0.25) is 0 Å². The fraction of sp³-hybridized carbons (Fsp3) is 0.500. The Morgan fingerprint density at radius 3 is 2.90 bits per heavy atom. The molecular formula is C16H22N4O. The van der Waals surface area contributed by atoms with Crippen molar-refractivity contribution in [3.8, 4) is 0 Å². The quantitative estimate of drug-likeness (QED) is 0.897. The van der Waals surface area contributed by atoms with Gasteiger partial charge in [-0.2, -0.15) is 0 Å². The second-order valence-electron chi connectivity index (χ2n) is 5.80. The van der Waals surface area contributed by atoms with Crippen LogP contribution in [0.5, 0.6) is 0 Å². The van der Waals surface area contributed by atoms with Crippen molar-refractivity contribution in [2.75, 3.05) is 19.6 Å². The zero-order chi connectivity index (χ0) is 14.8. The van der Waals surface area contributed by atoms with Crippen molar-refractivity contribution < 1.29 is 0 Å². The van der Waals surface area contributed by atoms with E-state index in [1.54, 1.807) is 10.5 Å². The summed E-state index contributed by atoms with van der Waals surface area (Å²) in [6.07, 6.45) is 2.95. The number of rotatable bonds is 5. The van der Waals surface area contributed by atoms with Crippen LogP contribution >= 0.6 is 0 Å². The van der Waals surface area contributed by atoms with Crippen molar-refractivity contribution in [1.82, 2.24) is 19.6 Å². The van der Waals surface area contributed by atoms with Gasteiger partial charge in [0.25, 0.3) is 5.56 Å². The summed E-state index contributed by atoms with van der Waals surface area (Å²) >= 11 is 0. The Kier molecular flexibility index (Phi) is 4.03. The van der Waals surface area contributed by atoms with E-state index in [1.807, 2.05) is 25.3 Å². The van der Waals surface area contributed by atoms with Crippen LogP contribution in [-0.2, 0) is 6.54 Å². The molecule has 0 spiro atoms. The van der Waals surface area contributed by atoms with Gasteiger partial charge in [-0.05, 0) is 31.5 Å². The molecule has 1 saturated heterocycles. The molecule has 2 aromatic rings. The van der Waals surface area contributed by atoms with E-state index >= 15 is 0 Å². The Hall–Kier alpha value is -1.72. The third-order valence-electron chi connectivity index (χ3n) is 4.01. The number of fused-ring (bicyclic) bond motifs is 1. The molecule has 0 bridgehead atoms. The summed E-state index contributed by atoms with van der Waals surface area (Å²) in [7, 11) is 0. The van der Waals surface area contributed by atoms with E-state index in [-0.39, 0.29) is 5.56 Å². The Morgan fingerprint density at radius 1 is 1.43 bits per heavy atom. The van der Waals surface area contributed by atoms with E-state index in [4.69, 9.17) is 0 Å². The number of pyridine rings is 1. The smallest absolute Gasteiger partial charge is 0.258 e. The fourth-order valence-electron chi connectivity index (χ4n) is 2.76. The zero-order valence-corrected chi connectivity index (χ0v) is 12.7. The third-order valence-corrected chi connectivity index (χ3v) is 4.01. The number of nitrogens with one attached hydrogen (secondary N) is 1. The van der Waals surface area contributed by atoms with Crippen molar-refractivity contribution in [3.63, 3.8) is 0 Å². The van der Waals surface area contributed by atoms with Crippen LogP contribution in [0.15, 0.2) is 29.2 Å². The highest BCUT2D eigenvalue weighted by Gasteiger charge is 2.24. The number of hydrogen-bond donors (Lipinski definition) is 1. The summed E-state index contributed by atoms with van der Waals surface area (Å²) in [6, 6.07) is 6.14. The van der Waals surface area contributed by atoms with Crippen molar-refractivity contribution in [3.05, 3.63) is 46.0 Å². The SMILES string of the molecule is CCCN(Cc1cc(=O)n2cc(C)ccc2n1)C1CNC1. The van der Waals surface area contributed by atoms with Crippen molar-refractivity contribution in [2.24, 2.45) is 0 Å². The molecule has 3 rings (SSSR count). The highest BCUT2D eigenvalue weighted by Crippen LogP contribution is 2.11. The molecule has 3 heterocycles. The average Bonchev–Trinajstić information content (AvgIpc) is 2.38. The van der Waals surface area contributed by atoms with Gasteiger partial charge in [-0.25, -0.2) is 4.98 Å². The third kappa shape index (κ3) is 2.99. The van der Waals surface area contributed by atoms with Crippen LogP contribution in [-0.4, -0.2) is 40.0 Å². The first-order valence-corrected chi connectivity index (χ1v) is 7.61. The second kappa shape index (κ2) is 5.95. The minimum Gasteiger partial charge on any atom is -0.314 e. The Bertz CT molecular complexity index is 690. The number of hydrogen-bond acceptors (Lipinski definition) is 4. The number of nitrogens with zero attached hydrogens (tertiary/aromatic N) is 3. The molecule has 0 aromatic carbocycles. The molecule has 5 heteroatoms. The predicted molar refractivity (Wildman–Crippen MR) is 83.6 cm³/mol. The molecule has 1 fully saturated rings. The molecule has 1 aliphatic heterocycles. The van der Waals surface area contributed by atoms with E-state index in [2.05, 4.69) is 22.1 Å². The Morgan fingerprint density at radius 2 is 2.24 bits per heavy atom. The van der Waals surface area contributed by atoms with Crippen molar-refractivity contribution >= 4 is 5.65 Å². The average molecular weight is 286 g/mol. The Labute approximate surface area is 124 Å². The topological polar surface area (TPSA) is 49.6 Å². The van der Waals surface area contributed by atoms with Gasteiger partial charge in [-0.1, -0.05) is 13.0 Å². The maximum atomic E-state index is 12.2. The fourth-order valence-corrected chi connectivity index (χ4v) is 2.76. The molecule has 0 unspecified atom stereocenters. The van der Waals surface area contributed by atoms with Gasteiger partial charge in [0.05, 0.1) is 5.69 Å². The number of aromatic nitrogens is 2. The summed E-state index contributed by atoms with van der Waals surface area (Å²) in [5.74, 6) is 0. The lowest BCUT2D eigenvalue weighted by molar-refractivity contribution is 0.136. The summed E-state index contributed by atoms with van der Waals surface area (Å²) in [5, 5.41) is 3.31. The molecule has 21 heavy (non-hydrogen) atoms. The lowest BCUT2D eigenvalue weighted by Gasteiger charge is -2.38.